The smallest absolute Gasteiger partial charge is 0.263 e. The molecule has 0 saturated carbocycles. The van der Waals surface area contributed by atoms with Gasteiger partial charge in [-0.1, -0.05) is 87.0 Å². The number of allylic oxidation sites excluding steroid dienone is 1. The molecule has 1 saturated heterocycles. The molecule has 6 rings (SSSR count). The highest BCUT2D eigenvalue weighted by molar-refractivity contribution is 8.18. The number of benzene rings is 2. The lowest BCUT2D eigenvalue weighted by Gasteiger charge is -2.38. The van der Waals surface area contributed by atoms with Gasteiger partial charge in [-0.05, 0) is 61.2 Å². The molecule has 2 aromatic carbocycles. The van der Waals surface area contributed by atoms with Crippen molar-refractivity contribution in [2.75, 3.05) is 19.6 Å². The summed E-state index contributed by atoms with van der Waals surface area (Å²) in [5.41, 5.74) is 2.57. The minimum absolute atomic E-state index is 0.00266. The van der Waals surface area contributed by atoms with Crippen LogP contribution in [0.1, 0.15) is 58.2 Å². The first-order valence-corrected chi connectivity index (χ1v) is 16.5. The van der Waals surface area contributed by atoms with E-state index in [4.69, 9.17) is 16.6 Å². The van der Waals surface area contributed by atoms with Crippen LogP contribution in [0.3, 0.4) is 0 Å². The number of thioether (sulfide) groups is 1. The molecular formula is C34H40ClN5O2S. The summed E-state index contributed by atoms with van der Waals surface area (Å²) in [6, 6.07) is 17.6. The van der Waals surface area contributed by atoms with E-state index in [2.05, 4.69) is 69.1 Å². The van der Waals surface area contributed by atoms with Gasteiger partial charge in [0.1, 0.15) is 16.5 Å². The molecule has 0 aromatic heterocycles. The van der Waals surface area contributed by atoms with Crippen molar-refractivity contribution in [3.8, 4) is 0 Å². The second-order valence-electron chi connectivity index (χ2n) is 12.4. The third-order valence-corrected chi connectivity index (χ3v) is 10.4. The highest BCUT2D eigenvalue weighted by Crippen LogP contribution is 2.56. The van der Waals surface area contributed by atoms with Gasteiger partial charge in [-0.25, -0.2) is 4.99 Å². The van der Waals surface area contributed by atoms with Crippen LogP contribution in [0, 0.1) is 5.92 Å². The van der Waals surface area contributed by atoms with E-state index in [1.807, 2.05) is 52.3 Å². The van der Waals surface area contributed by atoms with Crippen molar-refractivity contribution >= 4 is 40.3 Å². The standard InChI is InChI=1S/C34H40ClN5O2S/c1-6-26-16-17-27(31(41)38-19-18-36-22(4)20-38)39(26)32(42)29-28(21(2)3)40-30(23-12-14-25(35)15-13-23)34(5,37-33(40)43-29)24-10-8-7-9-11-24/h7-17,21-22,26-27,30,36H,6,18-20H2,1-5H3/t22-,26-,27+,30-,34+/m1/s1. The summed E-state index contributed by atoms with van der Waals surface area (Å²) in [6.07, 6.45) is 4.70. The van der Waals surface area contributed by atoms with Crippen molar-refractivity contribution < 1.29 is 9.59 Å². The molecule has 0 spiro atoms. The average molecular weight is 618 g/mol. The molecule has 43 heavy (non-hydrogen) atoms. The van der Waals surface area contributed by atoms with Crippen molar-refractivity contribution in [3.05, 3.63) is 93.5 Å². The lowest BCUT2D eigenvalue weighted by Crippen LogP contribution is -2.57. The van der Waals surface area contributed by atoms with Crippen LogP contribution in [-0.4, -0.2) is 69.4 Å². The Balaban J connectivity index is 1.41. The molecule has 0 bridgehead atoms. The van der Waals surface area contributed by atoms with Crippen LogP contribution < -0.4 is 5.32 Å². The molecule has 9 heteroatoms. The SMILES string of the molecule is CC[C@@H]1C=C[C@@H](C(=O)N2CCN[C@H](C)C2)N1C(=O)C1=C(C(C)C)N2C(=N[C@@](C)(c3ccccc3)[C@H]2c2ccc(Cl)cc2)S1. The van der Waals surface area contributed by atoms with Crippen LogP contribution in [0.4, 0.5) is 0 Å². The normalized spacial score (nSPS) is 28.6. The topological polar surface area (TPSA) is 68.2 Å². The van der Waals surface area contributed by atoms with Gasteiger partial charge in [0.15, 0.2) is 5.17 Å². The molecule has 4 aliphatic rings. The number of carbonyl (C=O) groups excluding carboxylic acids is 2. The number of carbonyl (C=O) groups is 2. The molecule has 5 atom stereocenters. The molecule has 2 amide bonds. The van der Waals surface area contributed by atoms with Gasteiger partial charge in [0.05, 0.1) is 12.1 Å². The Morgan fingerprint density at radius 2 is 1.84 bits per heavy atom. The maximum absolute atomic E-state index is 14.7. The zero-order chi connectivity index (χ0) is 30.5. The predicted molar refractivity (Wildman–Crippen MR) is 175 cm³/mol. The minimum Gasteiger partial charge on any atom is -0.338 e. The molecule has 7 nitrogen and oxygen atoms in total. The predicted octanol–water partition coefficient (Wildman–Crippen LogP) is 5.95. The third-order valence-electron chi connectivity index (χ3n) is 9.05. The lowest BCUT2D eigenvalue weighted by atomic mass is 9.81. The first kappa shape index (κ1) is 30.0. The molecule has 0 radical (unpaired) electrons. The summed E-state index contributed by atoms with van der Waals surface area (Å²) >= 11 is 7.77. The van der Waals surface area contributed by atoms with Crippen molar-refractivity contribution in [2.45, 2.75) is 70.7 Å². The molecule has 1 fully saturated rings. The van der Waals surface area contributed by atoms with Crippen LogP contribution in [0.2, 0.25) is 5.02 Å². The first-order chi connectivity index (χ1) is 20.6. The van der Waals surface area contributed by atoms with E-state index in [9.17, 15) is 9.59 Å². The number of hydrogen-bond acceptors (Lipinski definition) is 6. The molecule has 4 heterocycles. The van der Waals surface area contributed by atoms with Crippen LogP contribution >= 0.6 is 23.4 Å². The van der Waals surface area contributed by atoms with Gasteiger partial charge < -0.3 is 20.0 Å². The van der Waals surface area contributed by atoms with E-state index >= 15 is 0 Å². The fraction of sp³-hybridized carbons (Fsp3) is 0.441. The monoisotopic (exact) mass is 617 g/mol. The van der Waals surface area contributed by atoms with Crippen molar-refractivity contribution in [3.63, 3.8) is 0 Å². The van der Waals surface area contributed by atoms with Gasteiger partial charge in [-0.15, -0.1) is 0 Å². The van der Waals surface area contributed by atoms with E-state index in [1.54, 1.807) is 0 Å². The summed E-state index contributed by atoms with van der Waals surface area (Å²) < 4.78 is 0. The number of piperazine rings is 1. The maximum atomic E-state index is 14.7. The first-order valence-electron chi connectivity index (χ1n) is 15.3. The number of amides is 2. The third kappa shape index (κ3) is 5.21. The summed E-state index contributed by atoms with van der Waals surface area (Å²) in [5, 5.41) is 4.90. The Bertz CT molecular complexity index is 1490. The lowest BCUT2D eigenvalue weighted by molar-refractivity contribution is -0.143. The van der Waals surface area contributed by atoms with Gasteiger partial charge in [0.2, 0.25) is 5.91 Å². The quantitative estimate of drug-likeness (QED) is 0.406. The zero-order valence-electron chi connectivity index (χ0n) is 25.5. The minimum atomic E-state index is -0.608. The molecular weight excluding hydrogens is 578 g/mol. The van der Waals surface area contributed by atoms with E-state index in [0.717, 1.165) is 35.0 Å². The second kappa shape index (κ2) is 11.8. The number of halogens is 1. The van der Waals surface area contributed by atoms with Gasteiger partial charge in [0, 0.05) is 36.4 Å². The fourth-order valence-corrected chi connectivity index (χ4v) is 8.40. The highest BCUT2D eigenvalue weighted by atomic mass is 35.5. The maximum Gasteiger partial charge on any atom is 0.263 e. The van der Waals surface area contributed by atoms with Gasteiger partial charge >= 0.3 is 0 Å². The van der Waals surface area contributed by atoms with Crippen LogP contribution in [0.15, 0.2) is 82.3 Å². The zero-order valence-corrected chi connectivity index (χ0v) is 27.0. The van der Waals surface area contributed by atoms with Gasteiger partial charge in [-0.2, -0.15) is 0 Å². The van der Waals surface area contributed by atoms with E-state index in [0.29, 0.717) is 23.0 Å². The highest BCUT2D eigenvalue weighted by Gasteiger charge is 2.54. The molecule has 2 aromatic rings. The van der Waals surface area contributed by atoms with Crippen molar-refractivity contribution in [1.82, 2.24) is 20.0 Å². The van der Waals surface area contributed by atoms with E-state index in [-0.39, 0.29) is 35.9 Å². The van der Waals surface area contributed by atoms with E-state index in [1.165, 1.54) is 11.8 Å². The Morgan fingerprint density at radius 3 is 2.49 bits per heavy atom. The summed E-state index contributed by atoms with van der Waals surface area (Å²) in [7, 11) is 0. The molecule has 4 aliphatic heterocycles. The number of aliphatic imine (C=N–C) groups is 1. The molecule has 226 valence electrons. The number of fused-ring (bicyclic) bond motifs is 1. The van der Waals surface area contributed by atoms with Crippen LogP contribution in [0.5, 0.6) is 0 Å². The number of rotatable bonds is 6. The van der Waals surface area contributed by atoms with Gasteiger partial charge in [0.25, 0.3) is 5.91 Å². The molecule has 0 unspecified atom stereocenters. The van der Waals surface area contributed by atoms with E-state index < -0.39 is 11.6 Å². The Morgan fingerprint density at radius 1 is 1.12 bits per heavy atom. The Hall–Kier alpha value is -3.07. The Kier molecular flexibility index (Phi) is 8.22. The summed E-state index contributed by atoms with van der Waals surface area (Å²) in [5.74, 6) is -0.0523. The van der Waals surface area contributed by atoms with Crippen molar-refractivity contribution in [1.29, 1.82) is 0 Å². The molecule has 1 N–H and O–H groups in total. The summed E-state index contributed by atoms with van der Waals surface area (Å²) in [4.78, 5) is 40.5. The fourth-order valence-electron chi connectivity index (χ4n) is 6.93. The Labute approximate surface area is 264 Å². The number of nitrogens with zero attached hydrogens (tertiary/aromatic N) is 4. The van der Waals surface area contributed by atoms with Crippen molar-refractivity contribution in [2.24, 2.45) is 10.9 Å². The largest absolute Gasteiger partial charge is 0.338 e. The van der Waals surface area contributed by atoms with Crippen LogP contribution in [0.25, 0.3) is 0 Å². The van der Waals surface area contributed by atoms with Gasteiger partial charge in [-0.3, -0.25) is 9.59 Å². The summed E-state index contributed by atoms with van der Waals surface area (Å²) in [6.45, 7) is 12.6. The second-order valence-corrected chi connectivity index (χ2v) is 13.8. The number of nitrogens with one attached hydrogen (secondary N) is 1. The number of amidine groups is 1. The number of hydrogen-bond donors (Lipinski definition) is 1. The average Bonchev–Trinajstić information content (AvgIpc) is 3.67. The van der Waals surface area contributed by atoms with Crippen LogP contribution in [-0.2, 0) is 15.1 Å². The molecule has 0 aliphatic carbocycles.